The predicted molar refractivity (Wildman–Crippen MR) is 120 cm³/mol. The van der Waals surface area contributed by atoms with Gasteiger partial charge in [-0.05, 0) is 56.0 Å². The number of amides is 1. The largest absolute Gasteiger partial charge is 0.367 e. The van der Waals surface area contributed by atoms with Gasteiger partial charge in [-0.1, -0.05) is 0 Å². The molecule has 2 heterocycles. The number of halogens is 1. The molecule has 1 fully saturated rings. The molecule has 0 atom stereocenters. The second-order valence-electron chi connectivity index (χ2n) is 8.15. The fourth-order valence-corrected chi connectivity index (χ4v) is 4.33. The summed E-state index contributed by atoms with van der Waals surface area (Å²) >= 11 is 0. The molecular formula is C24H25FN6O. The van der Waals surface area contributed by atoms with Crippen LogP contribution in [-0.4, -0.2) is 32.8 Å². The number of benzene rings is 1. The van der Waals surface area contributed by atoms with Crippen molar-refractivity contribution in [2.24, 2.45) is 7.05 Å². The van der Waals surface area contributed by atoms with Crippen LogP contribution >= 0.6 is 0 Å². The van der Waals surface area contributed by atoms with E-state index in [4.69, 9.17) is 5.26 Å². The van der Waals surface area contributed by atoms with Crippen LogP contribution in [0.2, 0.25) is 0 Å². The Kier molecular flexibility index (Phi) is 6.17. The molecule has 1 amide bonds. The third-order valence-electron chi connectivity index (χ3n) is 5.89. The minimum Gasteiger partial charge on any atom is -0.367 e. The number of anilines is 2. The fourth-order valence-electron chi connectivity index (χ4n) is 4.33. The number of aromatic nitrogens is 3. The van der Waals surface area contributed by atoms with E-state index in [-0.39, 0.29) is 23.8 Å². The van der Waals surface area contributed by atoms with Crippen molar-refractivity contribution in [2.45, 2.75) is 44.7 Å². The first-order valence-corrected chi connectivity index (χ1v) is 10.7. The topological polar surface area (TPSA) is 86.8 Å². The molecule has 3 aromatic rings. The van der Waals surface area contributed by atoms with Gasteiger partial charge in [0.05, 0.1) is 11.8 Å². The van der Waals surface area contributed by atoms with Crippen LogP contribution in [0.1, 0.15) is 38.2 Å². The van der Waals surface area contributed by atoms with E-state index in [1.54, 1.807) is 59.5 Å². The van der Waals surface area contributed by atoms with E-state index in [2.05, 4.69) is 21.5 Å². The van der Waals surface area contributed by atoms with E-state index in [1.165, 1.54) is 13.0 Å². The van der Waals surface area contributed by atoms with Gasteiger partial charge >= 0.3 is 0 Å². The lowest BCUT2D eigenvalue weighted by Gasteiger charge is -2.37. The minimum atomic E-state index is -0.371. The summed E-state index contributed by atoms with van der Waals surface area (Å²) in [6, 6.07) is 10.8. The first-order chi connectivity index (χ1) is 15.4. The Morgan fingerprint density at radius 2 is 2.00 bits per heavy atom. The Morgan fingerprint density at radius 3 is 2.56 bits per heavy atom. The number of nitrogens with one attached hydrogen (secondary N) is 1. The molecule has 1 aliphatic carbocycles. The van der Waals surface area contributed by atoms with E-state index in [0.717, 1.165) is 31.5 Å². The van der Waals surface area contributed by atoms with Crippen LogP contribution in [0.3, 0.4) is 0 Å². The van der Waals surface area contributed by atoms with E-state index < -0.39 is 0 Å². The Balaban J connectivity index is 1.44. The molecule has 0 saturated heterocycles. The highest BCUT2D eigenvalue weighted by Crippen LogP contribution is 2.32. The molecule has 164 valence electrons. The Labute approximate surface area is 186 Å². The standard InChI is InChI=1S/C24H25FN6O/c1-16(32)31(21-8-9-22(23(25)11-21)18-14-28-30(2)15-18)20-6-4-19(5-7-20)29-24-10-3-17(12-26)13-27-24/h3,8-11,13-15,19-20H,4-7H2,1-2H3,(H,27,29)/t19-,20-. The van der Waals surface area contributed by atoms with E-state index in [1.807, 2.05) is 0 Å². The zero-order valence-corrected chi connectivity index (χ0v) is 18.1. The predicted octanol–water partition coefficient (Wildman–Crippen LogP) is 4.27. The highest BCUT2D eigenvalue weighted by atomic mass is 19.1. The van der Waals surface area contributed by atoms with Crippen LogP contribution in [0, 0.1) is 17.1 Å². The van der Waals surface area contributed by atoms with Crippen molar-refractivity contribution in [3.05, 3.63) is 60.3 Å². The van der Waals surface area contributed by atoms with Gasteiger partial charge in [-0.2, -0.15) is 10.4 Å². The van der Waals surface area contributed by atoms with Crippen molar-refractivity contribution in [1.29, 1.82) is 5.26 Å². The zero-order valence-electron chi connectivity index (χ0n) is 18.1. The van der Waals surface area contributed by atoms with Crippen LogP contribution in [0.5, 0.6) is 0 Å². The van der Waals surface area contributed by atoms with Gasteiger partial charge in [-0.3, -0.25) is 9.48 Å². The molecule has 1 aromatic carbocycles. The summed E-state index contributed by atoms with van der Waals surface area (Å²) in [5.74, 6) is 0.275. The highest BCUT2D eigenvalue weighted by molar-refractivity contribution is 5.92. The summed E-state index contributed by atoms with van der Waals surface area (Å²) < 4.78 is 16.5. The molecule has 0 aliphatic heterocycles. The number of hydrogen-bond acceptors (Lipinski definition) is 5. The molecule has 0 spiro atoms. The summed E-state index contributed by atoms with van der Waals surface area (Å²) in [5, 5.41) is 16.4. The lowest BCUT2D eigenvalue weighted by atomic mass is 9.89. The second-order valence-corrected chi connectivity index (χ2v) is 8.15. The molecule has 7 nitrogen and oxygen atoms in total. The van der Waals surface area contributed by atoms with Crippen LogP contribution in [0.4, 0.5) is 15.9 Å². The number of nitrogens with zero attached hydrogens (tertiary/aromatic N) is 5. The molecule has 0 radical (unpaired) electrons. The van der Waals surface area contributed by atoms with E-state index >= 15 is 0 Å². The van der Waals surface area contributed by atoms with Crippen LogP contribution < -0.4 is 10.2 Å². The maximum Gasteiger partial charge on any atom is 0.224 e. The van der Waals surface area contributed by atoms with Crippen molar-refractivity contribution >= 4 is 17.4 Å². The first kappa shape index (κ1) is 21.5. The van der Waals surface area contributed by atoms with Crippen LogP contribution in [-0.2, 0) is 11.8 Å². The van der Waals surface area contributed by atoms with Gasteiger partial charge in [-0.15, -0.1) is 0 Å². The maximum absolute atomic E-state index is 14.9. The molecule has 1 N–H and O–H groups in total. The lowest BCUT2D eigenvalue weighted by Crippen LogP contribution is -2.43. The molecule has 2 aromatic heterocycles. The number of carbonyl (C=O) groups is 1. The molecular weight excluding hydrogens is 407 g/mol. The first-order valence-electron chi connectivity index (χ1n) is 10.7. The van der Waals surface area contributed by atoms with Crippen LogP contribution in [0.25, 0.3) is 11.1 Å². The molecule has 8 heteroatoms. The monoisotopic (exact) mass is 432 g/mol. The SMILES string of the molecule is CC(=O)N(c1ccc(-c2cnn(C)c2)c(F)c1)[C@H]1CC[C@H](Nc2ccc(C#N)cn2)CC1. The summed E-state index contributed by atoms with van der Waals surface area (Å²) in [6.45, 7) is 1.53. The molecule has 1 aliphatic rings. The molecule has 0 unspecified atom stereocenters. The number of nitriles is 1. The number of aryl methyl sites for hydroxylation is 1. The zero-order chi connectivity index (χ0) is 22.7. The number of hydrogen-bond donors (Lipinski definition) is 1. The quantitative estimate of drug-likeness (QED) is 0.651. The smallest absolute Gasteiger partial charge is 0.224 e. The Morgan fingerprint density at radius 1 is 1.22 bits per heavy atom. The Hall–Kier alpha value is -3.73. The van der Waals surface area contributed by atoms with Crippen molar-refractivity contribution in [1.82, 2.24) is 14.8 Å². The third kappa shape index (κ3) is 4.62. The van der Waals surface area contributed by atoms with E-state index in [0.29, 0.717) is 22.4 Å². The van der Waals surface area contributed by atoms with Gasteiger partial charge in [0.2, 0.25) is 5.91 Å². The van der Waals surface area contributed by atoms with E-state index in [9.17, 15) is 9.18 Å². The molecule has 0 bridgehead atoms. The van der Waals surface area contributed by atoms with Crippen molar-refractivity contribution in [3.63, 3.8) is 0 Å². The van der Waals surface area contributed by atoms with Gasteiger partial charge in [0.25, 0.3) is 0 Å². The summed E-state index contributed by atoms with van der Waals surface area (Å²) in [7, 11) is 1.79. The summed E-state index contributed by atoms with van der Waals surface area (Å²) in [6.07, 6.45) is 8.28. The third-order valence-corrected chi connectivity index (χ3v) is 5.89. The maximum atomic E-state index is 14.9. The van der Waals surface area contributed by atoms with Crippen molar-refractivity contribution in [2.75, 3.05) is 10.2 Å². The molecule has 1 saturated carbocycles. The van der Waals surface area contributed by atoms with Crippen molar-refractivity contribution in [3.8, 4) is 17.2 Å². The molecule has 4 rings (SSSR count). The fraction of sp³-hybridized carbons (Fsp3) is 0.333. The van der Waals surface area contributed by atoms with Gasteiger partial charge in [0.15, 0.2) is 0 Å². The Bertz CT molecular complexity index is 1140. The van der Waals surface area contributed by atoms with Gasteiger partial charge in [0, 0.05) is 55.3 Å². The van der Waals surface area contributed by atoms with Crippen molar-refractivity contribution < 1.29 is 9.18 Å². The average Bonchev–Trinajstić information content (AvgIpc) is 3.21. The number of rotatable bonds is 5. The van der Waals surface area contributed by atoms with Gasteiger partial charge in [0.1, 0.15) is 17.7 Å². The highest BCUT2D eigenvalue weighted by Gasteiger charge is 2.29. The van der Waals surface area contributed by atoms with Crippen LogP contribution in [0.15, 0.2) is 48.9 Å². The van der Waals surface area contributed by atoms with Gasteiger partial charge < -0.3 is 10.2 Å². The second kappa shape index (κ2) is 9.18. The lowest BCUT2D eigenvalue weighted by molar-refractivity contribution is -0.117. The normalized spacial score (nSPS) is 18.1. The molecule has 32 heavy (non-hydrogen) atoms. The average molecular weight is 433 g/mol. The summed E-state index contributed by atoms with van der Waals surface area (Å²) in [5.41, 5.74) is 2.27. The summed E-state index contributed by atoms with van der Waals surface area (Å²) in [4.78, 5) is 18.5. The van der Waals surface area contributed by atoms with Gasteiger partial charge in [-0.25, -0.2) is 9.37 Å². The number of carbonyl (C=O) groups excluding carboxylic acids is 1. The number of pyridine rings is 1. The minimum absolute atomic E-state index is 0.0168.